The number of nitrogens with zero attached hydrogens (tertiary/aromatic N) is 2. The largest absolute Gasteiger partial charge is 0.465 e. The lowest BCUT2D eigenvalue weighted by molar-refractivity contribution is -0.141. The van der Waals surface area contributed by atoms with E-state index >= 15 is 0 Å². The van der Waals surface area contributed by atoms with Crippen molar-refractivity contribution in [1.82, 2.24) is 4.90 Å². The Bertz CT molecular complexity index is 336. The first-order valence-corrected chi connectivity index (χ1v) is 6.56. The van der Waals surface area contributed by atoms with Gasteiger partial charge in [0, 0.05) is 13.0 Å². The van der Waals surface area contributed by atoms with Gasteiger partial charge in [-0.2, -0.15) is 0 Å². The summed E-state index contributed by atoms with van der Waals surface area (Å²) in [4.78, 5) is 16.7. The van der Waals surface area contributed by atoms with Crippen LogP contribution in [0.2, 0.25) is 0 Å². The van der Waals surface area contributed by atoms with Crippen molar-refractivity contribution in [2.45, 2.75) is 30.3 Å². The highest BCUT2D eigenvalue weighted by Gasteiger charge is 2.48. The predicted octanol–water partition coefficient (Wildman–Crippen LogP) is 2.05. The molecule has 2 rings (SSSR count). The Morgan fingerprint density at radius 1 is 1.71 bits per heavy atom. The van der Waals surface area contributed by atoms with E-state index in [0.717, 1.165) is 6.42 Å². The third kappa shape index (κ3) is 2.13. The lowest BCUT2D eigenvalue weighted by atomic mass is 9.87. The molecule has 0 N–H and O–H groups in total. The van der Waals surface area contributed by atoms with Gasteiger partial charge in [-0.1, -0.05) is 30.1 Å². The molecular weight excluding hydrogens is 263 g/mol. The number of alkyl halides is 2. The summed E-state index contributed by atoms with van der Waals surface area (Å²) in [5, 5.41) is 0. The molecule has 0 aromatic rings. The maximum absolute atomic E-state index is 11.5. The molecule has 0 radical (unpaired) electrons. The van der Waals surface area contributed by atoms with Crippen LogP contribution in [0.15, 0.2) is 4.99 Å². The highest BCUT2D eigenvalue weighted by atomic mass is 35.5. The maximum atomic E-state index is 11.5. The first-order valence-electron chi connectivity index (χ1n) is 5.75. The van der Waals surface area contributed by atoms with Gasteiger partial charge in [-0.15, -0.1) is 0 Å². The van der Waals surface area contributed by atoms with Crippen molar-refractivity contribution >= 4 is 35.5 Å². The minimum atomic E-state index is -0.742. The fraction of sp³-hybridized carbons (Fsp3) is 0.818. The minimum absolute atomic E-state index is 0.0662. The summed E-state index contributed by atoms with van der Waals surface area (Å²) in [7, 11) is 1.84. The van der Waals surface area contributed by atoms with E-state index in [2.05, 4.69) is 4.99 Å². The van der Waals surface area contributed by atoms with E-state index in [1.165, 1.54) is 0 Å². The van der Waals surface area contributed by atoms with Crippen LogP contribution in [0.3, 0.4) is 0 Å². The van der Waals surface area contributed by atoms with Crippen LogP contribution in [0.5, 0.6) is 0 Å². The third-order valence-corrected chi connectivity index (χ3v) is 4.83. The van der Waals surface area contributed by atoms with Gasteiger partial charge in [-0.25, -0.2) is 0 Å². The molecule has 0 aromatic carbocycles. The van der Waals surface area contributed by atoms with Crippen molar-refractivity contribution in [3.63, 3.8) is 0 Å². The van der Waals surface area contributed by atoms with Crippen LogP contribution >= 0.6 is 23.2 Å². The molecule has 0 aromatic heterocycles. The zero-order valence-electron chi connectivity index (χ0n) is 9.90. The normalized spacial score (nSPS) is 41.1. The Morgan fingerprint density at radius 2 is 2.41 bits per heavy atom. The molecule has 2 heterocycles. The number of carbonyl (C=O) groups excluding carboxylic acids is 1. The molecule has 1 saturated heterocycles. The lowest BCUT2D eigenvalue weighted by Crippen LogP contribution is -2.44. The number of ether oxygens (including phenoxy) is 1. The number of likely N-dealkylation sites (N-methyl/N-ethyl adjacent to an activating group) is 1. The van der Waals surface area contributed by atoms with Gasteiger partial charge in [0.15, 0.2) is 10.5 Å². The number of hydrogen-bond acceptors (Lipinski definition) is 4. The van der Waals surface area contributed by atoms with Crippen molar-refractivity contribution in [2.24, 2.45) is 16.8 Å². The SMILES string of the molecule is CC[C@@H]1C(=O)OC[C@@H]1CC1(Cl)C(Cl)N=CN1C. The van der Waals surface area contributed by atoms with Crippen LogP contribution in [0.1, 0.15) is 19.8 Å². The monoisotopic (exact) mass is 278 g/mol. The number of aliphatic imine (C=N–C) groups is 1. The fourth-order valence-corrected chi connectivity index (χ4v) is 3.04. The van der Waals surface area contributed by atoms with Crippen molar-refractivity contribution in [1.29, 1.82) is 0 Å². The van der Waals surface area contributed by atoms with Crippen LogP contribution in [0.4, 0.5) is 0 Å². The second-order valence-corrected chi connectivity index (χ2v) is 5.71. The molecule has 2 aliphatic heterocycles. The Labute approximate surface area is 111 Å². The van der Waals surface area contributed by atoms with Crippen molar-refractivity contribution in [2.75, 3.05) is 13.7 Å². The number of esters is 1. The zero-order chi connectivity index (χ0) is 12.6. The average molecular weight is 279 g/mol. The number of hydrogen-bond donors (Lipinski definition) is 0. The van der Waals surface area contributed by atoms with E-state index in [-0.39, 0.29) is 17.8 Å². The van der Waals surface area contributed by atoms with Gasteiger partial charge in [0.25, 0.3) is 0 Å². The number of cyclic esters (lactones) is 1. The van der Waals surface area contributed by atoms with Crippen molar-refractivity contribution in [3.05, 3.63) is 0 Å². The van der Waals surface area contributed by atoms with Crippen LogP contribution in [-0.2, 0) is 9.53 Å². The first kappa shape index (κ1) is 13.0. The minimum Gasteiger partial charge on any atom is -0.465 e. The molecule has 1 fully saturated rings. The summed E-state index contributed by atoms with van der Waals surface area (Å²) in [6.45, 7) is 2.42. The first-order chi connectivity index (χ1) is 7.99. The van der Waals surface area contributed by atoms with Crippen molar-refractivity contribution < 1.29 is 9.53 Å². The lowest BCUT2D eigenvalue weighted by Gasteiger charge is -2.34. The Hall–Kier alpha value is -0.480. The Balaban J connectivity index is 2.08. The highest BCUT2D eigenvalue weighted by Crippen LogP contribution is 2.41. The summed E-state index contributed by atoms with van der Waals surface area (Å²) >= 11 is 12.6. The molecule has 4 atom stereocenters. The molecule has 6 heteroatoms. The highest BCUT2D eigenvalue weighted by molar-refractivity contribution is 6.33. The van der Waals surface area contributed by atoms with Gasteiger partial charge in [-0.3, -0.25) is 9.79 Å². The number of halogens is 2. The van der Waals surface area contributed by atoms with Gasteiger partial charge in [0.05, 0.1) is 18.9 Å². The Morgan fingerprint density at radius 3 is 2.94 bits per heavy atom. The number of rotatable bonds is 3. The van der Waals surface area contributed by atoms with Crippen LogP contribution in [0, 0.1) is 11.8 Å². The van der Waals surface area contributed by atoms with E-state index < -0.39 is 10.5 Å². The second kappa shape index (κ2) is 4.65. The quantitative estimate of drug-likeness (QED) is 0.451. The van der Waals surface area contributed by atoms with Gasteiger partial charge < -0.3 is 9.64 Å². The zero-order valence-corrected chi connectivity index (χ0v) is 11.4. The summed E-state index contributed by atoms with van der Waals surface area (Å²) in [6, 6.07) is 0. The maximum Gasteiger partial charge on any atom is 0.309 e. The van der Waals surface area contributed by atoms with E-state index in [1.54, 1.807) is 6.34 Å². The van der Waals surface area contributed by atoms with E-state index in [4.69, 9.17) is 27.9 Å². The Kier molecular flexibility index (Phi) is 3.55. The molecule has 2 aliphatic rings. The van der Waals surface area contributed by atoms with Gasteiger partial charge in [-0.05, 0) is 12.8 Å². The molecule has 96 valence electrons. The van der Waals surface area contributed by atoms with Crippen LogP contribution < -0.4 is 0 Å². The molecule has 17 heavy (non-hydrogen) atoms. The summed E-state index contributed by atoms with van der Waals surface area (Å²) in [5.74, 6) is -0.0654. The summed E-state index contributed by atoms with van der Waals surface area (Å²) in [5.41, 5.74) is -0.484. The topological polar surface area (TPSA) is 41.9 Å². The van der Waals surface area contributed by atoms with Gasteiger partial charge in [0.1, 0.15) is 0 Å². The molecule has 4 nitrogen and oxygen atoms in total. The predicted molar refractivity (Wildman–Crippen MR) is 67.3 cm³/mol. The molecule has 2 unspecified atom stereocenters. The van der Waals surface area contributed by atoms with Crippen LogP contribution in [0.25, 0.3) is 0 Å². The second-order valence-electron chi connectivity index (χ2n) is 4.64. The molecule has 0 amide bonds. The smallest absolute Gasteiger partial charge is 0.309 e. The van der Waals surface area contributed by atoms with Crippen LogP contribution in [-0.4, -0.2) is 41.4 Å². The number of carbonyl (C=O) groups is 1. The van der Waals surface area contributed by atoms with E-state index in [9.17, 15) is 4.79 Å². The summed E-state index contributed by atoms with van der Waals surface area (Å²) in [6.07, 6.45) is 3.01. The third-order valence-electron chi connectivity index (χ3n) is 3.62. The van der Waals surface area contributed by atoms with E-state index in [1.807, 2.05) is 18.9 Å². The van der Waals surface area contributed by atoms with Gasteiger partial charge in [0.2, 0.25) is 0 Å². The molecular formula is C11H16Cl2N2O2. The fourth-order valence-electron chi connectivity index (χ4n) is 2.45. The standard InChI is InChI=1S/C11H16Cl2N2O2/c1-3-8-7(5-17-9(8)16)4-11(13)10(12)14-6-15(11)2/h6-8,10H,3-5H2,1-2H3/t7-,8-,10?,11?/m0/s1. The molecule has 0 saturated carbocycles. The average Bonchev–Trinajstić information content (AvgIpc) is 2.75. The molecule has 0 bridgehead atoms. The van der Waals surface area contributed by atoms with E-state index in [0.29, 0.717) is 13.0 Å². The van der Waals surface area contributed by atoms with Crippen molar-refractivity contribution in [3.8, 4) is 0 Å². The summed E-state index contributed by atoms with van der Waals surface area (Å²) < 4.78 is 5.09. The molecule has 0 aliphatic carbocycles. The van der Waals surface area contributed by atoms with Gasteiger partial charge >= 0.3 is 5.97 Å². The molecule has 0 spiro atoms.